The Hall–Kier alpha value is -2.36. The number of nitrogens with zero attached hydrogens (tertiary/aromatic N) is 1. The summed E-state index contributed by atoms with van der Waals surface area (Å²) in [5.41, 5.74) is 4.63. The summed E-state index contributed by atoms with van der Waals surface area (Å²) in [7, 11) is 1.81. The number of hydrogen-bond acceptors (Lipinski definition) is 3. The van der Waals surface area contributed by atoms with E-state index in [-0.39, 0.29) is 5.91 Å². The van der Waals surface area contributed by atoms with Gasteiger partial charge in [-0.1, -0.05) is 24.6 Å². The molecule has 0 saturated heterocycles. The van der Waals surface area contributed by atoms with Gasteiger partial charge < -0.3 is 10.6 Å². The number of carbonyl (C=O) groups excluding carboxylic acids is 1. The minimum absolute atomic E-state index is 0.0873. The molecule has 2 aromatic rings. The number of anilines is 1. The summed E-state index contributed by atoms with van der Waals surface area (Å²) < 4.78 is 0. The first-order chi connectivity index (χ1) is 10.2. The standard InChI is InChI=1S/C17H21N3O/c1-4-13-6-5-9-19-16(13)11-20-17(21)14-10-12(2)7-8-15(14)18-3/h5-10,18H,4,11H2,1-3H3,(H,20,21). The van der Waals surface area contributed by atoms with E-state index in [0.717, 1.165) is 28.9 Å². The van der Waals surface area contributed by atoms with Crippen molar-refractivity contribution in [2.24, 2.45) is 0 Å². The first-order valence-corrected chi connectivity index (χ1v) is 7.15. The SMILES string of the molecule is CCc1cccnc1CNC(=O)c1cc(C)ccc1NC. The molecule has 0 radical (unpaired) electrons. The average molecular weight is 283 g/mol. The highest BCUT2D eigenvalue weighted by atomic mass is 16.1. The zero-order valence-electron chi connectivity index (χ0n) is 12.7. The Balaban J connectivity index is 2.13. The van der Waals surface area contributed by atoms with Gasteiger partial charge in [0, 0.05) is 18.9 Å². The van der Waals surface area contributed by atoms with Crippen LogP contribution in [0.1, 0.15) is 34.1 Å². The van der Waals surface area contributed by atoms with E-state index >= 15 is 0 Å². The lowest BCUT2D eigenvalue weighted by Crippen LogP contribution is -2.25. The molecule has 0 aliphatic rings. The van der Waals surface area contributed by atoms with Gasteiger partial charge in [-0.2, -0.15) is 0 Å². The summed E-state index contributed by atoms with van der Waals surface area (Å²) in [6.45, 7) is 4.51. The molecule has 0 spiro atoms. The van der Waals surface area contributed by atoms with Crippen LogP contribution < -0.4 is 10.6 Å². The number of benzene rings is 1. The van der Waals surface area contributed by atoms with Crippen LogP contribution in [-0.2, 0) is 13.0 Å². The second-order valence-electron chi connectivity index (χ2n) is 4.94. The van der Waals surface area contributed by atoms with Gasteiger partial charge in [-0.05, 0) is 37.1 Å². The Morgan fingerprint density at radius 2 is 2.10 bits per heavy atom. The molecule has 1 aromatic heterocycles. The van der Waals surface area contributed by atoms with Crippen LogP contribution in [0.15, 0.2) is 36.5 Å². The van der Waals surface area contributed by atoms with E-state index in [0.29, 0.717) is 12.1 Å². The van der Waals surface area contributed by atoms with Gasteiger partial charge in [0.15, 0.2) is 0 Å². The lowest BCUT2D eigenvalue weighted by molar-refractivity contribution is 0.0951. The van der Waals surface area contributed by atoms with Gasteiger partial charge in [0.2, 0.25) is 0 Å². The van der Waals surface area contributed by atoms with Crippen molar-refractivity contribution in [3.63, 3.8) is 0 Å². The predicted molar refractivity (Wildman–Crippen MR) is 85.5 cm³/mol. The first-order valence-electron chi connectivity index (χ1n) is 7.15. The van der Waals surface area contributed by atoms with Crippen molar-refractivity contribution in [2.45, 2.75) is 26.8 Å². The van der Waals surface area contributed by atoms with E-state index in [1.165, 1.54) is 0 Å². The highest BCUT2D eigenvalue weighted by molar-refractivity contribution is 5.99. The fraction of sp³-hybridized carbons (Fsp3) is 0.294. The number of pyridine rings is 1. The van der Waals surface area contributed by atoms with E-state index in [1.54, 1.807) is 6.20 Å². The Labute approximate surface area is 125 Å². The summed E-state index contributed by atoms with van der Waals surface area (Å²) in [6, 6.07) is 9.75. The topological polar surface area (TPSA) is 54.0 Å². The Bertz CT molecular complexity index is 638. The van der Waals surface area contributed by atoms with E-state index in [4.69, 9.17) is 0 Å². The molecule has 0 bridgehead atoms. The number of nitrogens with one attached hydrogen (secondary N) is 2. The molecule has 110 valence electrons. The van der Waals surface area contributed by atoms with Crippen LogP contribution in [0.2, 0.25) is 0 Å². The molecule has 1 heterocycles. The average Bonchev–Trinajstić information content (AvgIpc) is 2.52. The van der Waals surface area contributed by atoms with Crippen molar-refractivity contribution in [3.8, 4) is 0 Å². The van der Waals surface area contributed by atoms with E-state index in [2.05, 4.69) is 22.5 Å². The lowest BCUT2D eigenvalue weighted by Gasteiger charge is -2.12. The number of hydrogen-bond donors (Lipinski definition) is 2. The molecular weight excluding hydrogens is 262 g/mol. The highest BCUT2D eigenvalue weighted by Crippen LogP contribution is 2.17. The monoisotopic (exact) mass is 283 g/mol. The van der Waals surface area contributed by atoms with Gasteiger partial charge in [-0.3, -0.25) is 9.78 Å². The van der Waals surface area contributed by atoms with Gasteiger partial charge in [-0.15, -0.1) is 0 Å². The van der Waals surface area contributed by atoms with Gasteiger partial charge in [0.1, 0.15) is 0 Å². The Morgan fingerprint density at radius 1 is 1.29 bits per heavy atom. The first kappa shape index (κ1) is 15.0. The maximum atomic E-state index is 12.4. The third-order valence-electron chi connectivity index (χ3n) is 3.47. The van der Waals surface area contributed by atoms with Crippen molar-refractivity contribution in [2.75, 3.05) is 12.4 Å². The molecule has 0 aliphatic heterocycles. The van der Waals surface area contributed by atoms with Crippen molar-refractivity contribution in [1.29, 1.82) is 0 Å². The van der Waals surface area contributed by atoms with E-state index in [9.17, 15) is 4.79 Å². The fourth-order valence-corrected chi connectivity index (χ4v) is 2.28. The number of amides is 1. The number of carbonyl (C=O) groups is 1. The molecule has 21 heavy (non-hydrogen) atoms. The molecule has 1 aromatic carbocycles. The smallest absolute Gasteiger partial charge is 0.253 e. The zero-order valence-corrected chi connectivity index (χ0v) is 12.7. The second-order valence-corrected chi connectivity index (χ2v) is 4.94. The van der Waals surface area contributed by atoms with Crippen molar-refractivity contribution >= 4 is 11.6 Å². The molecule has 0 saturated carbocycles. The van der Waals surface area contributed by atoms with Gasteiger partial charge >= 0.3 is 0 Å². The minimum Gasteiger partial charge on any atom is -0.387 e. The molecule has 0 unspecified atom stereocenters. The third-order valence-corrected chi connectivity index (χ3v) is 3.47. The summed E-state index contributed by atoms with van der Waals surface area (Å²) in [5.74, 6) is -0.0873. The largest absolute Gasteiger partial charge is 0.387 e. The summed E-state index contributed by atoms with van der Waals surface area (Å²) in [5, 5.41) is 6.00. The second kappa shape index (κ2) is 6.88. The van der Waals surface area contributed by atoms with Crippen molar-refractivity contribution in [3.05, 3.63) is 58.9 Å². The number of rotatable bonds is 5. The van der Waals surface area contributed by atoms with Crippen molar-refractivity contribution < 1.29 is 4.79 Å². The molecule has 2 N–H and O–H groups in total. The van der Waals surface area contributed by atoms with Crippen LogP contribution in [0.3, 0.4) is 0 Å². The quantitative estimate of drug-likeness (QED) is 0.887. The van der Waals surface area contributed by atoms with E-state index < -0.39 is 0 Å². The predicted octanol–water partition coefficient (Wildman–Crippen LogP) is 2.92. The maximum Gasteiger partial charge on any atom is 0.253 e. The summed E-state index contributed by atoms with van der Waals surface area (Å²) in [4.78, 5) is 16.7. The van der Waals surface area contributed by atoms with Gasteiger partial charge in [-0.25, -0.2) is 0 Å². The van der Waals surface area contributed by atoms with Crippen LogP contribution in [0, 0.1) is 6.92 Å². The Kier molecular flexibility index (Phi) is 4.93. The summed E-state index contributed by atoms with van der Waals surface area (Å²) >= 11 is 0. The zero-order chi connectivity index (χ0) is 15.2. The van der Waals surface area contributed by atoms with Crippen LogP contribution in [0.4, 0.5) is 5.69 Å². The minimum atomic E-state index is -0.0873. The normalized spacial score (nSPS) is 10.2. The van der Waals surface area contributed by atoms with Crippen LogP contribution >= 0.6 is 0 Å². The maximum absolute atomic E-state index is 12.4. The molecule has 4 heteroatoms. The van der Waals surface area contributed by atoms with Gasteiger partial charge in [0.25, 0.3) is 5.91 Å². The molecule has 1 amide bonds. The summed E-state index contributed by atoms with van der Waals surface area (Å²) in [6.07, 6.45) is 2.66. The van der Waals surface area contributed by atoms with Gasteiger partial charge in [0.05, 0.1) is 17.8 Å². The highest BCUT2D eigenvalue weighted by Gasteiger charge is 2.11. The molecule has 0 fully saturated rings. The van der Waals surface area contributed by atoms with Crippen LogP contribution in [0.5, 0.6) is 0 Å². The Morgan fingerprint density at radius 3 is 2.81 bits per heavy atom. The third kappa shape index (κ3) is 3.60. The molecular formula is C17H21N3O. The number of aromatic nitrogens is 1. The van der Waals surface area contributed by atoms with Crippen LogP contribution in [0.25, 0.3) is 0 Å². The molecule has 0 aliphatic carbocycles. The number of aryl methyl sites for hydroxylation is 2. The molecule has 4 nitrogen and oxygen atoms in total. The fourth-order valence-electron chi connectivity index (χ4n) is 2.28. The van der Waals surface area contributed by atoms with E-state index in [1.807, 2.05) is 44.3 Å². The molecule has 2 rings (SSSR count). The van der Waals surface area contributed by atoms with Crippen LogP contribution in [-0.4, -0.2) is 17.9 Å². The lowest BCUT2D eigenvalue weighted by atomic mass is 10.1. The molecule has 0 atom stereocenters. The van der Waals surface area contributed by atoms with Crippen molar-refractivity contribution in [1.82, 2.24) is 10.3 Å².